The Morgan fingerprint density at radius 1 is 1.00 bits per heavy atom. The molecule has 21 heavy (non-hydrogen) atoms. The van der Waals surface area contributed by atoms with Gasteiger partial charge in [0, 0.05) is 0 Å². The fourth-order valence-corrected chi connectivity index (χ4v) is 2.01. The molecule has 0 spiro atoms. The number of hydrogen-bond donors (Lipinski definition) is 1. The lowest BCUT2D eigenvalue weighted by Crippen LogP contribution is -2.00. The van der Waals surface area contributed by atoms with Gasteiger partial charge in [-0.25, -0.2) is 4.68 Å². The summed E-state index contributed by atoms with van der Waals surface area (Å²) in [5.41, 5.74) is 1.62. The number of aromatic nitrogens is 3. The van der Waals surface area contributed by atoms with Crippen LogP contribution in [0.1, 0.15) is 11.3 Å². The maximum atomic E-state index is 8.99. The molecule has 0 saturated heterocycles. The van der Waals surface area contributed by atoms with Crippen LogP contribution in [-0.4, -0.2) is 20.1 Å². The number of ether oxygens (including phenoxy) is 1. The van der Waals surface area contributed by atoms with Crippen LogP contribution >= 0.6 is 0 Å². The Hall–Kier alpha value is -2.66. The van der Waals surface area contributed by atoms with Gasteiger partial charge in [0.05, 0.1) is 19.3 Å². The molecule has 3 rings (SSSR count). The summed E-state index contributed by atoms with van der Waals surface area (Å²) in [6.45, 7) is 0.482. The third-order valence-corrected chi connectivity index (χ3v) is 2.97. The molecule has 0 atom stereocenters. The third kappa shape index (κ3) is 3.46. The predicted molar refractivity (Wildman–Crippen MR) is 78.0 cm³/mol. The van der Waals surface area contributed by atoms with Crippen molar-refractivity contribution < 1.29 is 9.84 Å². The molecule has 5 nitrogen and oxygen atoms in total. The number of aliphatic hydroxyl groups is 1. The van der Waals surface area contributed by atoms with Crippen molar-refractivity contribution in [2.75, 3.05) is 0 Å². The summed E-state index contributed by atoms with van der Waals surface area (Å²) >= 11 is 0. The molecule has 0 fully saturated rings. The van der Waals surface area contributed by atoms with Crippen LogP contribution in [0.5, 0.6) is 11.5 Å². The van der Waals surface area contributed by atoms with E-state index in [0.29, 0.717) is 12.2 Å². The Kier molecular flexibility index (Phi) is 3.93. The molecule has 1 heterocycles. The quantitative estimate of drug-likeness (QED) is 0.781. The zero-order valence-corrected chi connectivity index (χ0v) is 11.4. The van der Waals surface area contributed by atoms with Gasteiger partial charge in [-0.05, 0) is 29.8 Å². The van der Waals surface area contributed by atoms with Crippen molar-refractivity contribution in [1.29, 1.82) is 0 Å². The monoisotopic (exact) mass is 281 g/mol. The highest BCUT2D eigenvalue weighted by molar-refractivity contribution is 5.33. The molecule has 0 radical (unpaired) electrons. The predicted octanol–water partition coefficient (Wildman–Crippen LogP) is 2.61. The number of rotatable bonds is 5. The largest absolute Gasteiger partial charge is 0.457 e. The average molecular weight is 281 g/mol. The van der Waals surface area contributed by atoms with E-state index in [1.807, 2.05) is 54.6 Å². The fraction of sp³-hybridized carbons (Fsp3) is 0.125. The molecule has 0 amide bonds. The molecule has 106 valence electrons. The number of hydrogen-bond acceptors (Lipinski definition) is 4. The van der Waals surface area contributed by atoms with Crippen molar-refractivity contribution in [1.82, 2.24) is 15.0 Å². The van der Waals surface area contributed by atoms with E-state index in [4.69, 9.17) is 9.84 Å². The Morgan fingerprint density at radius 3 is 2.57 bits per heavy atom. The highest BCUT2D eigenvalue weighted by atomic mass is 16.5. The summed E-state index contributed by atoms with van der Waals surface area (Å²) in [4.78, 5) is 0. The minimum atomic E-state index is -0.100. The van der Waals surface area contributed by atoms with Gasteiger partial charge in [0.1, 0.15) is 17.2 Å². The van der Waals surface area contributed by atoms with E-state index in [2.05, 4.69) is 10.3 Å². The first-order chi connectivity index (χ1) is 10.3. The normalized spacial score (nSPS) is 10.5. The summed E-state index contributed by atoms with van der Waals surface area (Å²) in [5, 5.41) is 16.8. The van der Waals surface area contributed by atoms with Gasteiger partial charge >= 0.3 is 0 Å². The maximum Gasteiger partial charge on any atom is 0.127 e. The topological polar surface area (TPSA) is 60.2 Å². The molecule has 0 aliphatic rings. The van der Waals surface area contributed by atoms with Crippen LogP contribution in [0.15, 0.2) is 60.8 Å². The minimum Gasteiger partial charge on any atom is -0.457 e. The smallest absolute Gasteiger partial charge is 0.127 e. The molecule has 0 aliphatic carbocycles. The van der Waals surface area contributed by atoms with E-state index >= 15 is 0 Å². The van der Waals surface area contributed by atoms with Crippen LogP contribution in [0.4, 0.5) is 0 Å². The van der Waals surface area contributed by atoms with Gasteiger partial charge in [-0.3, -0.25) is 0 Å². The van der Waals surface area contributed by atoms with Crippen molar-refractivity contribution in [3.05, 3.63) is 72.1 Å². The first-order valence-corrected chi connectivity index (χ1v) is 6.65. The van der Waals surface area contributed by atoms with E-state index in [9.17, 15) is 0 Å². The Bertz CT molecular complexity index is 710. The molecule has 3 aromatic rings. The third-order valence-electron chi connectivity index (χ3n) is 2.97. The van der Waals surface area contributed by atoms with Crippen molar-refractivity contribution >= 4 is 0 Å². The Balaban J connectivity index is 1.73. The summed E-state index contributed by atoms with van der Waals surface area (Å²) in [6, 6.07) is 17.5. The van der Waals surface area contributed by atoms with Crippen molar-refractivity contribution in [2.45, 2.75) is 13.2 Å². The van der Waals surface area contributed by atoms with E-state index in [-0.39, 0.29) is 6.61 Å². The first kappa shape index (κ1) is 13.3. The highest BCUT2D eigenvalue weighted by Gasteiger charge is 2.02. The lowest BCUT2D eigenvalue weighted by molar-refractivity contribution is 0.276. The zero-order valence-electron chi connectivity index (χ0n) is 11.4. The highest BCUT2D eigenvalue weighted by Crippen LogP contribution is 2.22. The fourth-order valence-electron chi connectivity index (χ4n) is 2.01. The summed E-state index contributed by atoms with van der Waals surface area (Å²) in [7, 11) is 0. The van der Waals surface area contributed by atoms with Gasteiger partial charge in [-0.2, -0.15) is 0 Å². The molecule has 0 aliphatic heterocycles. The first-order valence-electron chi connectivity index (χ1n) is 6.65. The summed E-state index contributed by atoms with van der Waals surface area (Å²) < 4.78 is 7.49. The van der Waals surface area contributed by atoms with Crippen LogP contribution in [0.25, 0.3) is 0 Å². The number of benzene rings is 2. The molecule has 1 N–H and O–H groups in total. The van der Waals surface area contributed by atoms with Gasteiger partial charge < -0.3 is 9.84 Å². The summed E-state index contributed by atoms with van der Waals surface area (Å²) in [6.07, 6.45) is 1.73. The van der Waals surface area contributed by atoms with Gasteiger partial charge in [0.2, 0.25) is 0 Å². The van der Waals surface area contributed by atoms with Crippen LogP contribution in [0.2, 0.25) is 0 Å². The van der Waals surface area contributed by atoms with Crippen molar-refractivity contribution in [2.24, 2.45) is 0 Å². The lowest BCUT2D eigenvalue weighted by atomic mass is 10.2. The molecular formula is C16H15N3O2. The lowest BCUT2D eigenvalue weighted by Gasteiger charge is -2.07. The van der Waals surface area contributed by atoms with Crippen LogP contribution in [-0.2, 0) is 13.2 Å². The molecular weight excluding hydrogens is 266 g/mol. The molecule has 0 bridgehead atoms. The zero-order chi connectivity index (χ0) is 14.5. The van der Waals surface area contributed by atoms with E-state index in [1.165, 1.54) is 0 Å². The van der Waals surface area contributed by atoms with Gasteiger partial charge in [0.15, 0.2) is 0 Å². The Labute approximate surface area is 122 Å². The van der Waals surface area contributed by atoms with Crippen molar-refractivity contribution in [3.8, 4) is 11.5 Å². The molecule has 5 heteroatoms. The van der Waals surface area contributed by atoms with Crippen LogP contribution in [0.3, 0.4) is 0 Å². The standard InChI is InChI=1S/C16H15N3O2/c20-12-14-11-19(18-17-14)10-13-5-4-8-16(9-13)21-15-6-2-1-3-7-15/h1-9,11,20H,10,12H2. The van der Waals surface area contributed by atoms with E-state index < -0.39 is 0 Å². The van der Waals surface area contributed by atoms with Gasteiger partial charge in [-0.15, -0.1) is 5.10 Å². The van der Waals surface area contributed by atoms with E-state index in [0.717, 1.165) is 17.1 Å². The second-order valence-electron chi connectivity index (χ2n) is 4.63. The minimum absolute atomic E-state index is 0.100. The maximum absolute atomic E-state index is 8.99. The second kappa shape index (κ2) is 6.19. The second-order valence-corrected chi connectivity index (χ2v) is 4.63. The molecule has 0 unspecified atom stereocenters. The van der Waals surface area contributed by atoms with E-state index in [1.54, 1.807) is 10.9 Å². The SMILES string of the molecule is OCc1cn(Cc2cccc(Oc3ccccc3)c2)nn1. The van der Waals surface area contributed by atoms with Crippen LogP contribution in [0, 0.1) is 0 Å². The molecule has 0 saturated carbocycles. The number of para-hydroxylation sites is 1. The van der Waals surface area contributed by atoms with Crippen molar-refractivity contribution in [3.63, 3.8) is 0 Å². The molecule has 2 aromatic carbocycles. The summed E-state index contributed by atoms with van der Waals surface area (Å²) in [5.74, 6) is 1.58. The number of nitrogens with zero attached hydrogens (tertiary/aromatic N) is 3. The van der Waals surface area contributed by atoms with Gasteiger partial charge in [0.25, 0.3) is 0 Å². The Morgan fingerprint density at radius 2 is 1.81 bits per heavy atom. The van der Waals surface area contributed by atoms with Gasteiger partial charge in [-0.1, -0.05) is 35.5 Å². The average Bonchev–Trinajstić information content (AvgIpc) is 2.96. The van der Waals surface area contributed by atoms with Crippen LogP contribution < -0.4 is 4.74 Å². The molecule has 1 aromatic heterocycles. The number of aliphatic hydroxyl groups excluding tert-OH is 1.